The third-order valence-electron chi connectivity index (χ3n) is 5.91. The molecule has 0 saturated heterocycles. The summed E-state index contributed by atoms with van der Waals surface area (Å²) in [5.74, 6) is -2.33. The van der Waals surface area contributed by atoms with Crippen molar-refractivity contribution in [3.8, 4) is 0 Å². The molecular formula is C20H19F3N4O2. The number of nitrogens with one attached hydrogen (secondary N) is 1. The molecule has 0 atom stereocenters. The van der Waals surface area contributed by atoms with E-state index in [0.29, 0.717) is 31.2 Å². The van der Waals surface area contributed by atoms with E-state index < -0.39 is 34.5 Å². The lowest BCUT2D eigenvalue weighted by molar-refractivity contribution is -0.117. The Kier molecular flexibility index (Phi) is 3.75. The summed E-state index contributed by atoms with van der Waals surface area (Å²) >= 11 is 0. The van der Waals surface area contributed by atoms with Gasteiger partial charge in [0.2, 0.25) is 11.9 Å². The van der Waals surface area contributed by atoms with E-state index in [1.54, 1.807) is 0 Å². The quantitative estimate of drug-likeness (QED) is 0.850. The van der Waals surface area contributed by atoms with Gasteiger partial charge in [0, 0.05) is 30.1 Å². The number of halogens is 3. The Morgan fingerprint density at radius 1 is 1.17 bits per heavy atom. The van der Waals surface area contributed by atoms with Gasteiger partial charge < -0.3 is 4.90 Å². The molecule has 0 unspecified atom stereocenters. The summed E-state index contributed by atoms with van der Waals surface area (Å²) in [5.41, 5.74) is -1.67. The van der Waals surface area contributed by atoms with Crippen molar-refractivity contribution in [3.63, 3.8) is 0 Å². The number of carbonyl (C=O) groups excluding carboxylic acids is 2. The predicted molar refractivity (Wildman–Crippen MR) is 98.0 cm³/mol. The van der Waals surface area contributed by atoms with E-state index in [4.69, 9.17) is 0 Å². The van der Waals surface area contributed by atoms with Gasteiger partial charge in [-0.1, -0.05) is 6.07 Å². The van der Waals surface area contributed by atoms with Gasteiger partial charge in [0.1, 0.15) is 18.0 Å². The maximum Gasteiger partial charge on any atom is 0.254 e. The van der Waals surface area contributed by atoms with Crippen molar-refractivity contribution in [2.75, 3.05) is 18.4 Å². The highest BCUT2D eigenvalue weighted by Crippen LogP contribution is 2.57. The zero-order chi connectivity index (χ0) is 20.4. The predicted octanol–water partition coefficient (Wildman–Crippen LogP) is 3.09. The van der Waals surface area contributed by atoms with Crippen LogP contribution in [0.4, 0.5) is 19.1 Å². The van der Waals surface area contributed by atoms with E-state index in [0.717, 1.165) is 12.4 Å². The second kappa shape index (κ2) is 6.01. The lowest BCUT2D eigenvalue weighted by atomic mass is 9.83. The van der Waals surface area contributed by atoms with E-state index in [1.807, 2.05) is 0 Å². The first kappa shape index (κ1) is 18.1. The fourth-order valence-corrected chi connectivity index (χ4v) is 4.09. The molecule has 29 heavy (non-hydrogen) atoms. The Labute approximate surface area is 165 Å². The van der Waals surface area contributed by atoms with Crippen LogP contribution < -0.4 is 5.32 Å². The summed E-state index contributed by atoms with van der Waals surface area (Å²) in [4.78, 5) is 33.9. The second-order valence-corrected chi connectivity index (χ2v) is 8.03. The van der Waals surface area contributed by atoms with Crippen LogP contribution in [0.15, 0.2) is 24.5 Å². The number of nitrogens with zero attached hydrogens (tertiary/aromatic N) is 3. The zero-order valence-electron chi connectivity index (χ0n) is 15.3. The smallest absolute Gasteiger partial charge is 0.254 e. The van der Waals surface area contributed by atoms with Gasteiger partial charge in [0.05, 0.1) is 12.4 Å². The number of aromatic nitrogens is 2. The first-order valence-corrected chi connectivity index (χ1v) is 9.40. The van der Waals surface area contributed by atoms with Crippen LogP contribution in [-0.4, -0.2) is 39.8 Å². The molecule has 0 bridgehead atoms. The number of fused-ring (bicyclic) bond motifs is 2. The number of alkyl halides is 1. The maximum atomic E-state index is 15.2. The molecule has 1 aliphatic heterocycles. The molecule has 2 aliphatic carbocycles. The molecule has 9 heteroatoms. The topological polar surface area (TPSA) is 75.2 Å². The van der Waals surface area contributed by atoms with Crippen molar-refractivity contribution >= 4 is 17.8 Å². The number of hydrogen-bond donors (Lipinski definition) is 1. The van der Waals surface area contributed by atoms with Crippen LogP contribution in [0.2, 0.25) is 0 Å². The van der Waals surface area contributed by atoms with Crippen LogP contribution in [0.1, 0.15) is 48.6 Å². The van der Waals surface area contributed by atoms with Crippen molar-refractivity contribution in [2.24, 2.45) is 0 Å². The molecule has 6 nitrogen and oxygen atoms in total. The fourth-order valence-electron chi connectivity index (χ4n) is 4.09. The van der Waals surface area contributed by atoms with Crippen LogP contribution in [0.5, 0.6) is 0 Å². The number of rotatable bonds is 4. The molecule has 2 fully saturated rings. The van der Waals surface area contributed by atoms with Gasteiger partial charge >= 0.3 is 0 Å². The molecule has 2 saturated carbocycles. The summed E-state index contributed by atoms with van der Waals surface area (Å²) in [6.45, 7) is -0.0760. The molecule has 152 valence electrons. The maximum absolute atomic E-state index is 15.2. The molecule has 1 aromatic heterocycles. The highest BCUT2D eigenvalue weighted by Gasteiger charge is 2.55. The highest BCUT2D eigenvalue weighted by molar-refractivity contribution is 6.01. The van der Waals surface area contributed by atoms with Gasteiger partial charge in [-0.2, -0.15) is 0 Å². The largest absolute Gasteiger partial charge is 0.328 e. The van der Waals surface area contributed by atoms with Gasteiger partial charge in [0.25, 0.3) is 5.91 Å². The molecule has 2 heterocycles. The molecule has 3 aliphatic rings. The lowest BCUT2D eigenvalue weighted by Gasteiger charge is -2.35. The van der Waals surface area contributed by atoms with Crippen molar-refractivity contribution < 1.29 is 24.2 Å². The Morgan fingerprint density at radius 2 is 1.86 bits per heavy atom. The lowest BCUT2D eigenvalue weighted by Crippen LogP contribution is -2.47. The summed E-state index contributed by atoms with van der Waals surface area (Å²) in [7, 11) is 0. The first-order valence-electron chi connectivity index (χ1n) is 9.40. The number of carbonyl (C=O) groups is 2. The summed E-state index contributed by atoms with van der Waals surface area (Å²) in [6.07, 6.45) is 3.77. The molecule has 2 amide bonds. The summed E-state index contributed by atoms with van der Waals surface area (Å²) in [6, 6.07) is 2.83. The Bertz CT molecular complexity index is 1040. The first-order chi connectivity index (χ1) is 13.8. The Morgan fingerprint density at radius 3 is 2.48 bits per heavy atom. The molecule has 1 spiro atoms. The van der Waals surface area contributed by atoms with E-state index in [1.165, 1.54) is 17.0 Å². The highest BCUT2D eigenvalue weighted by atomic mass is 19.2. The van der Waals surface area contributed by atoms with Gasteiger partial charge in [-0.25, -0.2) is 23.1 Å². The van der Waals surface area contributed by atoms with Crippen molar-refractivity contribution in [3.05, 3.63) is 52.9 Å². The van der Waals surface area contributed by atoms with Crippen molar-refractivity contribution in [1.29, 1.82) is 0 Å². The minimum absolute atomic E-state index is 0. The summed E-state index contributed by atoms with van der Waals surface area (Å²) < 4.78 is 42.5. The van der Waals surface area contributed by atoms with Gasteiger partial charge in [-0.15, -0.1) is 0 Å². The third kappa shape index (κ3) is 2.95. The second-order valence-electron chi connectivity index (χ2n) is 8.03. The zero-order valence-corrected chi connectivity index (χ0v) is 15.3. The van der Waals surface area contributed by atoms with Gasteiger partial charge in [0.15, 0.2) is 5.82 Å². The number of amides is 2. The third-order valence-corrected chi connectivity index (χ3v) is 5.91. The number of anilines is 1. The number of benzene rings is 1. The SMILES string of the molecule is O=C(CN1CC2(CC2)c2c(ccc(C3(F)CC3)c2F)C1=O)Nc1ncc(F)cn1.[HH]. The monoisotopic (exact) mass is 404 g/mol. The van der Waals surface area contributed by atoms with Crippen LogP contribution in [-0.2, 0) is 15.9 Å². The number of hydrogen-bond acceptors (Lipinski definition) is 4. The molecule has 1 aromatic carbocycles. The van der Waals surface area contributed by atoms with Crippen molar-refractivity contribution in [2.45, 2.75) is 36.8 Å². The molecule has 2 aromatic rings. The van der Waals surface area contributed by atoms with E-state index >= 15 is 4.39 Å². The standard InChI is InChI=1S/C20H17F3N4O2.H2/c21-11-7-24-18(25-8-11)26-14(28)9-27-10-19(3-4-19)15-12(17(27)29)1-2-13(16(15)22)20(23)5-6-20;/h1-2,7-8H,3-6,9-10H2,(H,24,25,26,28);1H. The van der Waals surface area contributed by atoms with Crippen molar-refractivity contribution in [1.82, 2.24) is 14.9 Å². The normalized spacial score (nSPS) is 20.4. The van der Waals surface area contributed by atoms with Gasteiger partial charge in [-0.05, 0) is 31.7 Å². The van der Waals surface area contributed by atoms with Gasteiger partial charge in [-0.3, -0.25) is 14.9 Å². The average Bonchev–Trinajstić information content (AvgIpc) is 3.60. The van der Waals surface area contributed by atoms with E-state index in [9.17, 15) is 18.4 Å². The molecule has 5 rings (SSSR count). The Balaban J connectivity index is 0.00000218. The van der Waals surface area contributed by atoms with E-state index in [-0.39, 0.29) is 31.6 Å². The average molecular weight is 404 g/mol. The van der Waals surface area contributed by atoms with Crippen LogP contribution in [0, 0.1) is 11.6 Å². The summed E-state index contributed by atoms with van der Waals surface area (Å²) in [5, 5.41) is 2.41. The minimum atomic E-state index is -1.62. The molecule has 1 N–H and O–H groups in total. The van der Waals surface area contributed by atoms with Crippen LogP contribution in [0.25, 0.3) is 0 Å². The Hall–Kier alpha value is -2.97. The van der Waals surface area contributed by atoms with E-state index in [2.05, 4.69) is 15.3 Å². The molecule has 0 radical (unpaired) electrons. The minimum Gasteiger partial charge on any atom is -0.328 e. The van der Waals surface area contributed by atoms with Crippen LogP contribution in [0.3, 0.4) is 0 Å². The molecular weight excluding hydrogens is 385 g/mol. The fraction of sp³-hybridized carbons (Fsp3) is 0.400. The van der Waals surface area contributed by atoms with Crippen LogP contribution >= 0.6 is 0 Å².